The van der Waals surface area contributed by atoms with E-state index in [1.54, 1.807) is 6.08 Å². The molecule has 8 nitrogen and oxygen atoms in total. The lowest BCUT2D eigenvalue weighted by atomic mass is 10.1. The molecule has 3 heterocycles. The van der Waals surface area contributed by atoms with Crippen molar-refractivity contribution < 1.29 is 17.2 Å². The molecule has 0 amide bonds. The number of nitrogens with zero attached hydrogens (tertiary/aromatic N) is 5. The van der Waals surface area contributed by atoms with Gasteiger partial charge in [-0.1, -0.05) is 6.07 Å². The predicted octanol–water partition coefficient (Wildman–Crippen LogP) is 2.64. The molecule has 0 spiro atoms. The van der Waals surface area contributed by atoms with E-state index >= 15 is 0 Å². The summed E-state index contributed by atoms with van der Waals surface area (Å²) in [6.45, 7) is 7.28. The average Bonchev–Trinajstić information content (AvgIpc) is 2.74. The van der Waals surface area contributed by atoms with E-state index < -0.39 is 21.7 Å². The number of fused-ring (bicyclic) bond motifs is 1. The van der Waals surface area contributed by atoms with E-state index in [1.807, 2.05) is 13.8 Å². The van der Waals surface area contributed by atoms with Gasteiger partial charge in [0, 0.05) is 56.6 Å². The number of piperazine rings is 1. The van der Waals surface area contributed by atoms with Crippen molar-refractivity contribution in [2.75, 3.05) is 42.7 Å². The molecule has 11 heteroatoms. The first-order chi connectivity index (χ1) is 15.6. The highest BCUT2D eigenvalue weighted by Crippen LogP contribution is 2.29. The quantitative estimate of drug-likeness (QED) is 0.684. The Balaban J connectivity index is 1.52. The molecule has 0 atom stereocenters. The number of aromatic nitrogens is 2. The minimum absolute atomic E-state index is 0.115. The lowest BCUT2D eigenvalue weighted by Gasteiger charge is -2.36. The summed E-state index contributed by atoms with van der Waals surface area (Å²) in [4.78, 5) is 13.8. The Bertz CT molecular complexity index is 1160. The number of sulfonamides is 1. The second-order valence-corrected chi connectivity index (χ2v) is 10.6. The maximum absolute atomic E-state index is 14.0. The summed E-state index contributed by atoms with van der Waals surface area (Å²) >= 11 is 0. The van der Waals surface area contributed by atoms with Crippen molar-refractivity contribution >= 4 is 27.7 Å². The van der Waals surface area contributed by atoms with Crippen LogP contribution < -0.4 is 10.2 Å². The van der Waals surface area contributed by atoms with Crippen molar-refractivity contribution in [2.45, 2.75) is 33.0 Å². The summed E-state index contributed by atoms with van der Waals surface area (Å²) in [6, 6.07) is 3.79. The van der Waals surface area contributed by atoms with Crippen LogP contribution in [0.4, 0.5) is 20.4 Å². The fourth-order valence-corrected chi connectivity index (χ4v) is 4.54. The van der Waals surface area contributed by atoms with Crippen LogP contribution in [-0.2, 0) is 23.1 Å². The van der Waals surface area contributed by atoms with Gasteiger partial charge in [-0.2, -0.15) is 0 Å². The van der Waals surface area contributed by atoms with E-state index in [2.05, 4.69) is 15.1 Å². The number of anilines is 2. The Morgan fingerprint density at radius 3 is 2.48 bits per heavy atom. The molecule has 1 fully saturated rings. The van der Waals surface area contributed by atoms with Crippen LogP contribution in [0.5, 0.6) is 0 Å². The van der Waals surface area contributed by atoms with Gasteiger partial charge in [-0.15, -0.1) is 0 Å². The summed E-state index contributed by atoms with van der Waals surface area (Å²) in [5.41, 5.74) is 1.72. The van der Waals surface area contributed by atoms with Crippen LogP contribution in [-0.4, -0.2) is 66.1 Å². The van der Waals surface area contributed by atoms with E-state index in [9.17, 15) is 17.2 Å². The zero-order valence-electron chi connectivity index (χ0n) is 18.9. The van der Waals surface area contributed by atoms with Gasteiger partial charge in [-0.25, -0.2) is 27.2 Å². The molecule has 0 bridgehead atoms. The Labute approximate surface area is 193 Å². The molecule has 2 aliphatic heterocycles. The van der Waals surface area contributed by atoms with Gasteiger partial charge in [0.1, 0.15) is 11.6 Å². The highest BCUT2D eigenvalue weighted by atomic mass is 32.2. The van der Waals surface area contributed by atoms with Crippen LogP contribution in [0.2, 0.25) is 0 Å². The molecule has 178 valence electrons. The second kappa shape index (κ2) is 9.22. The van der Waals surface area contributed by atoms with Crippen molar-refractivity contribution in [3.63, 3.8) is 0 Å². The average molecular weight is 479 g/mol. The first kappa shape index (κ1) is 23.4. The second-order valence-electron chi connectivity index (χ2n) is 8.65. The molecule has 1 aromatic heterocycles. The Morgan fingerprint density at radius 1 is 1.12 bits per heavy atom. The Morgan fingerprint density at radius 2 is 1.85 bits per heavy atom. The molecule has 0 aliphatic carbocycles. The van der Waals surface area contributed by atoms with E-state index in [1.165, 1.54) is 22.6 Å². The molecule has 4 rings (SSSR count). The van der Waals surface area contributed by atoms with E-state index in [-0.39, 0.29) is 12.6 Å². The van der Waals surface area contributed by atoms with Gasteiger partial charge in [-0.05, 0) is 26.0 Å². The molecule has 0 saturated carbocycles. The smallest absolute Gasteiger partial charge is 0.232 e. The van der Waals surface area contributed by atoms with Crippen LogP contribution in [0.25, 0.3) is 6.08 Å². The first-order valence-electron chi connectivity index (χ1n) is 10.8. The van der Waals surface area contributed by atoms with Gasteiger partial charge in [0.25, 0.3) is 0 Å². The SMILES string of the molecule is CC(C)Nc1nc2c(nc1N1CCN(Cc3ccc(F)cc3F)CC1)C=CN(S(C)(=O)=O)C2. The fourth-order valence-electron chi connectivity index (χ4n) is 3.90. The summed E-state index contributed by atoms with van der Waals surface area (Å²) in [6.07, 6.45) is 4.35. The maximum atomic E-state index is 14.0. The highest BCUT2D eigenvalue weighted by molar-refractivity contribution is 7.88. The zero-order valence-corrected chi connectivity index (χ0v) is 19.7. The van der Waals surface area contributed by atoms with Gasteiger partial charge in [0.15, 0.2) is 11.6 Å². The third-order valence-corrected chi connectivity index (χ3v) is 6.72. The van der Waals surface area contributed by atoms with E-state index in [0.29, 0.717) is 61.3 Å². The van der Waals surface area contributed by atoms with Crippen molar-refractivity contribution in [3.8, 4) is 0 Å². The van der Waals surface area contributed by atoms with Crippen LogP contribution in [0.1, 0.15) is 30.8 Å². The lowest BCUT2D eigenvalue weighted by molar-refractivity contribution is 0.246. The normalized spacial score (nSPS) is 16.9. The van der Waals surface area contributed by atoms with Gasteiger partial charge >= 0.3 is 0 Å². The molecule has 1 saturated heterocycles. The lowest BCUT2D eigenvalue weighted by Crippen LogP contribution is -2.46. The number of nitrogens with one attached hydrogen (secondary N) is 1. The molecule has 1 N–H and O–H groups in total. The molecule has 1 aromatic carbocycles. The van der Waals surface area contributed by atoms with Crippen LogP contribution >= 0.6 is 0 Å². The maximum Gasteiger partial charge on any atom is 0.232 e. The number of benzene rings is 1. The van der Waals surface area contributed by atoms with E-state index in [0.717, 1.165) is 12.3 Å². The molecule has 33 heavy (non-hydrogen) atoms. The Hall–Kier alpha value is -2.79. The number of halogens is 2. The van der Waals surface area contributed by atoms with Crippen molar-refractivity contribution in [1.29, 1.82) is 0 Å². The van der Waals surface area contributed by atoms with Gasteiger partial charge < -0.3 is 10.2 Å². The molecular formula is C22H28F2N6O2S. The van der Waals surface area contributed by atoms with Crippen molar-refractivity contribution in [2.24, 2.45) is 0 Å². The monoisotopic (exact) mass is 478 g/mol. The van der Waals surface area contributed by atoms with Crippen LogP contribution in [0.15, 0.2) is 24.4 Å². The number of hydrogen-bond acceptors (Lipinski definition) is 7. The van der Waals surface area contributed by atoms with Crippen molar-refractivity contribution in [3.05, 3.63) is 53.0 Å². The largest absolute Gasteiger partial charge is 0.365 e. The fraction of sp³-hybridized carbons (Fsp3) is 0.455. The summed E-state index contributed by atoms with van der Waals surface area (Å²) in [5, 5.41) is 3.33. The molecule has 0 radical (unpaired) electrons. The third-order valence-electron chi connectivity index (χ3n) is 5.62. The van der Waals surface area contributed by atoms with Gasteiger partial charge in [-0.3, -0.25) is 9.21 Å². The van der Waals surface area contributed by atoms with Crippen molar-refractivity contribution in [1.82, 2.24) is 19.2 Å². The highest BCUT2D eigenvalue weighted by Gasteiger charge is 2.26. The summed E-state index contributed by atoms with van der Waals surface area (Å²) in [7, 11) is -3.38. The van der Waals surface area contributed by atoms with Gasteiger partial charge in [0.05, 0.1) is 24.2 Å². The van der Waals surface area contributed by atoms with E-state index in [4.69, 9.17) is 9.97 Å². The van der Waals surface area contributed by atoms with Gasteiger partial charge in [0.2, 0.25) is 10.0 Å². The summed E-state index contributed by atoms with van der Waals surface area (Å²) in [5.74, 6) is 0.223. The number of hydrogen-bond donors (Lipinski definition) is 1. The first-order valence-corrected chi connectivity index (χ1v) is 12.7. The summed E-state index contributed by atoms with van der Waals surface area (Å²) < 4.78 is 52.3. The standard InChI is InChI=1S/C22H28F2N6O2S/c1-15(2)25-21-22(27-19-6-7-30(33(3,31)32)14-20(19)26-21)29-10-8-28(9-11-29)13-16-4-5-17(23)12-18(16)24/h4-7,12,15H,8-11,13-14H2,1-3H3,(H,25,26). The van der Waals surface area contributed by atoms with Crippen LogP contribution in [0, 0.1) is 11.6 Å². The number of rotatable bonds is 6. The molecule has 2 aromatic rings. The molecule has 2 aliphatic rings. The Kier molecular flexibility index (Phi) is 6.53. The molecule has 0 unspecified atom stereocenters. The van der Waals surface area contributed by atoms with Crippen LogP contribution in [0.3, 0.4) is 0 Å². The minimum atomic E-state index is -3.38. The third kappa shape index (κ3) is 5.41. The molecular weight excluding hydrogens is 450 g/mol. The topological polar surface area (TPSA) is 81.7 Å². The minimum Gasteiger partial charge on any atom is -0.365 e. The zero-order chi connectivity index (χ0) is 23.8. The predicted molar refractivity (Wildman–Crippen MR) is 124 cm³/mol.